The van der Waals surface area contributed by atoms with Crippen molar-refractivity contribution in [2.24, 2.45) is 11.1 Å². The van der Waals surface area contributed by atoms with E-state index in [0.717, 1.165) is 10.7 Å². The minimum absolute atomic E-state index is 0.197. The van der Waals surface area contributed by atoms with Gasteiger partial charge in [-0.3, -0.25) is 0 Å². The molecule has 1 heterocycles. The van der Waals surface area contributed by atoms with Crippen LogP contribution < -0.4 is 5.14 Å². The van der Waals surface area contributed by atoms with E-state index in [-0.39, 0.29) is 12.5 Å². The molecule has 5 nitrogen and oxygen atoms in total. The minimum atomic E-state index is -3.59. The summed E-state index contributed by atoms with van der Waals surface area (Å²) in [6.07, 6.45) is 1.48. The first kappa shape index (κ1) is 9.45. The van der Waals surface area contributed by atoms with Crippen LogP contribution in [0.15, 0.2) is 0 Å². The highest BCUT2D eigenvalue weighted by atomic mass is 32.2. The second-order valence-corrected chi connectivity index (χ2v) is 4.42. The van der Waals surface area contributed by atoms with E-state index in [0.29, 0.717) is 13.0 Å². The summed E-state index contributed by atoms with van der Waals surface area (Å²) >= 11 is 0. The van der Waals surface area contributed by atoms with Gasteiger partial charge in [0, 0.05) is 13.1 Å². The fourth-order valence-electron chi connectivity index (χ4n) is 1.28. The lowest BCUT2D eigenvalue weighted by atomic mass is 10.0. The van der Waals surface area contributed by atoms with E-state index in [9.17, 15) is 8.42 Å². The van der Waals surface area contributed by atoms with E-state index < -0.39 is 10.2 Å². The molecule has 1 aliphatic heterocycles. The maximum Gasteiger partial charge on any atom is 0.276 e. The summed E-state index contributed by atoms with van der Waals surface area (Å²) in [5, 5.41) is 13.5. The Morgan fingerprint density at radius 2 is 2.25 bits per heavy atom. The van der Waals surface area contributed by atoms with E-state index in [4.69, 9.17) is 10.4 Å². The first-order chi connectivity index (χ1) is 5.54. The topological polar surface area (TPSA) is 87.2 Å². The molecule has 1 saturated heterocycles. The average molecular weight is 189 g/mol. The van der Waals surface area contributed by atoms with Gasteiger partial charge in [0.15, 0.2) is 0 Å². The zero-order valence-electron chi connectivity index (χ0n) is 6.60. The quantitative estimate of drug-likeness (QED) is 0.599. The van der Waals surface area contributed by atoms with Crippen molar-refractivity contribution in [3.63, 3.8) is 0 Å². The van der Waals surface area contributed by atoms with Crippen molar-refractivity contribution in [1.29, 1.82) is 5.26 Å². The molecule has 0 saturated carbocycles. The fourth-order valence-corrected chi connectivity index (χ4v) is 2.05. The first-order valence-electron chi connectivity index (χ1n) is 3.71. The Morgan fingerprint density at radius 1 is 1.58 bits per heavy atom. The summed E-state index contributed by atoms with van der Waals surface area (Å²) in [7, 11) is -3.59. The molecule has 6 heteroatoms. The molecule has 68 valence electrons. The molecule has 0 spiro atoms. The van der Waals surface area contributed by atoms with Gasteiger partial charge in [-0.25, -0.2) is 5.14 Å². The van der Waals surface area contributed by atoms with Crippen molar-refractivity contribution in [1.82, 2.24) is 4.31 Å². The summed E-state index contributed by atoms with van der Waals surface area (Å²) in [6.45, 7) is 0.687. The molecule has 12 heavy (non-hydrogen) atoms. The van der Waals surface area contributed by atoms with E-state index in [1.54, 1.807) is 0 Å². The number of hydrogen-bond donors (Lipinski definition) is 1. The maximum atomic E-state index is 10.8. The van der Waals surface area contributed by atoms with Crippen LogP contribution in [0.1, 0.15) is 12.8 Å². The molecule has 1 fully saturated rings. The number of piperidine rings is 1. The molecule has 1 aliphatic rings. The molecule has 0 aromatic heterocycles. The van der Waals surface area contributed by atoms with Crippen LogP contribution in [-0.4, -0.2) is 25.8 Å². The predicted octanol–water partition coefficient (Wildman–Crippen LogP) is -0.575. The van der Waals surface area contributed by atoms with Gasteiger partial charge in [-0.05, 0) is 12.8 Å². The molecule has 0 radical (unpaired) electrons. The third-order valence-corrected chi connectivity index (χ3v) is 2.98. The van der Waals surface area contributed by atoms with Crippen LogP contribution in [0.25, 0.3) is 0 Å². The van der Waals surface area contributed by atoms with Gasteiger partial charge in [-0.1, -0.05) is 0 Å². The Kier molecular flexibility index (Phi) is 2.67. The molecule has 1 atom stereocenters. The summed E-state index contributed by atoms with van der Waals surface area (Å²) < 4.78 is 22.8. The Morgan fingerprint density at radius 3 is 2.75 bits per heavy atom. The monoisotopic (exact) mass is 189 g/mol. The van der Waals surface area contributed by atoms with Crippen LogP contribution in [0.3, 0.4) is 0 Å². The van der Waals surface area contributed by atoms with Gasteiger partial charge in [-0.15, -0.1) is 0 Å². The summed E-state index contributed by atoms with van der Waals surface area (Å²) in [5.41, 5.74) is 0. The molecule has 0 bridgehead atoms. The van der Waals surface area contributed by atoms with Crippen LogP contribution in [-0.2, 0) is 10.2 Å². The first-order valence-corrected chi connectivity index (χ1v) is 5.22. The number of rotatable bonds is 1. The van der Waals surface area contributed by atoms with E-state index in [1.807, 2.05) is 6.07 Å². The molecule has 0 aromatic carbocycles. The van der Waals surface area contributed by atoms with Gasteiger partial charge in [0.1, 0.15) is 0 Å². The highest BCUT2D eigenvalue weighted by molar-refractivity contribution is 7.86. The SMILES string of the molecule is N#CC1CCCN(S(N)(=O)=O)C1. The zero-order chi connectivity index (χ0) is 9.19. The van der Waals surface area contributed by atoms with Crippen molar-refractivity contribution >= 4 is 10.2 Å². The van der Waals surface area contributed by atoms with Crippen molar-refractivity contribution in [3.05, 3.63) is 0 Å². The van der Waals surface area contributed by atoms with Crippen LogP contribution >= 0.6 is 0 Å². The molecular weight excluding hydrogens is 178 g/mol. The molecule has 1 rings (SSSR count). The second kappa shape index (κ2) is 3.39. The van der Waals surface area contributed by atoms with Gasteiger partial charge in [0.25, 0.3) is 10.2 Å². The zero-order valence-corrected chi connectivity index (χ0v) is 7.42. The minimum Gasteiger partial charge on any atom is -0.216 e. The lowest BCUT2D eigenvalue weighted by molar-refractivity contribution is 0.305. The predicted molar refractivity (Wildman–Crippen MR) is 43.0 cm³/mol. The lowest BCUT2D eigenvalue weighted by Gasteiger charge is -2.26. The Balaban J connectivity index is 2.66. The molecular formula is C6H11N3O2S. The van der Waals surface area contributed by atoms with Crippen molar-refractivity contribution in [2.45, 2.75) is 12.8 Å². The van der Waals surface area contributed by atoms with Crippen LogP contribution in [0.2, 0.25) is 0 Å². The fraction of sp³-hybridized carbons (Fsp3) is 0.833. The highest BCUT2D eigenvalue weighted by Crippen LogP contribution is 2.16. The van der Waals surface area contributed by atoms with Gasteiger partial charge >= 0.3 is 0 Å². The smallest absolute Gasteiger partial charge is 0.216 e. The van der Waals surface area contributed by atoms with E-state index >= 15 is 0 Å². The third-order valence-electron chi connectivity index (χ3n) is 1.93. The molecule has 1 unspecified atom stereocenters. The third kappa shape index (κ3) is 2.17. The van der Waals surface area contributed by atoms with Crippen LogP contribution in [0, 0.1) is 17.2 Å². The molecule has 0 aliphatic carbocycles. The van der Waals surface area contributed by atoms with Gasteiger partial charge in [0.05, 0.1) is 12.0 Å². The average Bonchev–Trinajstić information content (AvgIpc) is 2.03. The van der Waals surface area contributed by atoms with Crippen molar-refractivity contribution < 1.29 is 8.42 Å². The van der Waals surface area contributed by atoms with Crippen molar-refractivity contribution in [2.75, 3.05) is 13.1 Å². The summed E-state index contributed by atoms with van der Waals surface area (Å²) in [6, 6.07) is 2.04. The molecule has 0 amide bonds. The highest BCUT2D eigenvalue weighted by Gasteiger charge is 2.25. The molecule has 2 N–H and O–H groups in total. The standard InChI is InChI=1S/C6H11N3O2S/c7-4-6-2-1-3-9(5-6)12(8,10)11/h6H,1-3,5H2,(H2,8,10,11). The summed E-state index contributed by atoms with van der Waals surface area (Å²) in [4.78, 5) is 0. The number of nitrogens with zero attached hydrogens (tertiary/aromatic N) is 2. The lowest BCUT2D eigenvalue weighted by Crippen LogP contribution is -2.43. The van der Waals surface area contributed by atoms with Crippen LogP contribution in [0.4, 0.5) is 0 Å². The van der Waals surface area contributed by atoms with Gasteiger partial charge in [-0.2, -0.15) is 18.0 Å². The Hall–Kier alpha value is -0.640. The van der Waals surface area contributed by atoms with E-state index in [2.05, 4.69) is 0 Å². The van der Waals surface area contributed by atoms with Crippen LogP contribution in [0.5, 0.6) is 0 Å². The number of nitrogens with two attached hydrogens (primary N) is 1. The van der Waals surface area contributed by atoms with Gasteiger partial charge < -0.3 is 0 Å². The van der Waals surface area contributed by atoms with Crippen molar-refractivity contribution in [3.8, 4) is 6.07 Å². The van der Waals surface area contributed by atoms with E-state index in [1.165, 1.54) is 0 Å². The molecule has 0 aromatic rings. The largest absolute Gasteiger partial charge is 0.276 e. The second-order valence-electron chi connectivity index (χ2n) is 2.87. The Labute approximate surface area is 71.9 Å². The summed E-state index contributed by atoms with van der Waals surface area (Å²) in [5.74, 6) is -0.197. The van der Waals surface area contributed by atoms with Gasteiger partial charge in [0.2, 0.25) is 0 Å². The number of hydrogen-bond acceptors (Lipinski definition) is 3. The normalized spacial score (nSPS) is 26.5. The number of nitriles is 1. The Bertz CT molecular complexity index is 292. The maximum absolute atomic E-state index is 10.8.